The van der Waals surface area contributed by atoms with E-state index in [0.717, 1.165) is 6.42 Å². The third kappa shape index (κ3) is 2.97. The fraction of sp³-hybridized carbons (Fsp3) is 0.417. The lowest BCUT2D eigenvalue weighted by molar-refractivity contribution is 0.1000. The lowest BCUT2D eigenvalue weighted by Crippen LogP contribution is -2.20. The summed E-state index contributed by atoms with van der Waals surface area (Å²) in [6.45, 7) is 0. The predicted molar refractivity (Wildman–Crippen MR) is 60.2 cm³/mol. The number of aliphatic hydroxyl groups is 1. The molecule has 2 rings (SSSR count). The van der Waals surface area contributed by atoms with Crippen LogP contribution in [0.1, 0.15) is 19.3 Å². The Balaban J connectivity index is 1.81. The van der Waals surface area contributed by atoms with E-state index < -0.39 is 6.09 Å². The molecule has 1 aromatic carbocycles. The zero-order valence-corrected chi connectivity index (χ0v) is 8.93. The van der Waals surface area contributed by atoms with Crippen molar-refractivity contribution in [1.82, 2.24) is 0 Å². The molecule has 1 aliphatic carbocycles. The van der Waals surface area contributed by atoms with Gasteiger partial charge in [0.25, 0.3) is 0 Å². The summed E-state index contributed by atoms with van der Waals surface area (Å²) >= 11 is 0. The standard InChI is InChI=1S/C12H15NO3/c14-10-6-7-11(8-10)16-12(15)13-9-4-2-1-3-5-9/h1-5,10-11,14H,6-8H2,(H,13,15)/t10-,11-/m0/s1. The van der Waals surface area contributed by atoms with E-state index >= 15 is 0 Å². The Morgan fingerprint density at radius 3 is 2.69 bits per heavy atom. The van der Waals surface area contributed by atoms with Gasteiger partial charge in [-0.15, -0.1) is 0 Å². The predicted octanol–water partition coefficient (Wildman–Crippen LogP) is 2.15. The third-order valence-electron chi connectivity index (χ3n) is 2.65. The van der Waals surface area contributed by atoms with Crippen LogP contribution in [-0.4, -0.2) is 23.4 Å². The summed E-state index contributed by atoms with van der Waals surface area (Å²) in [5, 5.41) is 11.9. The number of hydrogen-bond acceptors (Lipinski definition) is 3. The summed E-state index contributed by atoms with van der Waals surface area (Å²) in [5.41, 5.74) is 0.714. The number of amides is 1. The van der Waals surface area contributed by atoms with Gasteiger partial charge in [-0.25, -0.2) is 4.79 Å². The Labute approximate surface area is 94.2 Å². The smallest absolute Gasteiger partial charge is 0.411 e. The molecule has 2 N–H and O–H groups in total. The van der Waals surface area contributed by atoms with E-state index in [9.17, 15) is 9.90 Å². The Hall–Kier alpha value is -1.55. The third-order valence-corrected chi connectivity index (χ3v) is 2.65. The van der Waals surface area contributed by atoms with Gasteiger partial charge >= 0.3 is 6.09 Å². The number of hydrogen-bond donors (Lipinski definition) is 2. The zero-order valence-electron chi connectivity index (χ0n) is 8.93. The van der Waals surface area contributed by atoms with Crippen LogP contribution in [0, 0.1) is 0 Å². The highest BCUT2D eigenvalue weighted by atomic mass is 16.6. The molecule has 4 heteroatoms. The normalized spacial score (nSPS) is 24.1. The van der Waals surface area contributed by atoms with Gasteiger partial charge < -0.3 is 9.84 Å². The number of anilines is 1. The minimum atomic E-state index is -0.453. The van der Waals surface area contributed by atoms with Gasteiger partial charge in [-0.2, -0.15) is 0 Å². The first-order valence-corrected chi connectivity index (χ1v) is 5.45. The van der Waals surface area contributed by atoms with Crippen LogP contribution >= 0.6 is 0 Å². The first-order chi connectivity index (χ1) is 7.74. The first kappa shape index (κ1) is 11.0. The molecule has 86 valence electrons. The number of carbonyl (C=O) groups excluding carboxylic acids is 1. The molecule has 1 aliphatic rings. The summed E-state index contributed by atoms with van der Waals surface area (Å²) in [5.74, 6) is 0. The van der Waals surface area contributed by atoms with Crippen LogP contribution in [0.3, 0.4) is 0 Å². The van der Waals surface area contributed by atoms with E-state index in [-0.39, 0.29) is 12.2 Å². The fourth-order valence-electron chi connectivity index (χ4n) is 1.84. The van der Waals surface area contributed by atoms with E-state index in [2.05, 4.69) is 5.32 Å². The molecule has 0 heterocycles. The van der Waals surface area contributed by atoms with Crippen LogP contribution in [0.2, 0.25) is 0 Å². The molecule has 0 spiro atoms. The molecule has 0 aliphatic heterocycles. The number of benzene rings is 1. The molecule has 1 fully saturated rings. The molecule has 1 aromatic rings. The highest BCUT2D eigenvalue weighted by molar-refractivity contribution is 5.84. The minimum absolute atomic E-state index is 0.154. The maximum atomic E-state index is 11.5. The van der Waals surface area contributed by atoms with Crippen molar-refractivity contribution >= 4 is 11.8 Å². The van der Waals surface area contributed by atoms with Gasteiger partial charge in [-0.3, -0.25) is 5.32 Å². The highest BCUT2D eigenvalue weighted by Crippen LogP contribution is 2.22. The summed E-state index contributed by atoms with van der Waals surface area (Å²) in [6.07, 6.45) is 1.06. The van der Waals surface area contributed by atoms with Crippen LogP contribution < -0.4 is 5.32 Å². The largest absolute Gasteiger partial charge is 0.446 e. The van der Waals surface area contributed by atoms with Gasteiger partial charge in [0.05, 0.1) is 6.10 Å². The molecule has 0 radical (unpaired) electrons. The Morgan fingerprint density at radius 1 is 1.31 bits per heavy atom. The second-order valence-corrected chi connectivity index (χ2v) is 3.99. The highest BCUT2D eigenvalue weighted by Gasteiger charge is 2.25. The van der Waals surface area contributed by atoms with Crippen molar-refractivity contribution < 1.29 is 14.6 Å². The number of nitrogens with one attached hydrogen (secondary N) is 1. The number of aliphatic hydroxyl groups excluding tert-OH is 1. The molecule has 4 nitrogen and oxygen atoms in total. The van der Waals surface area contributed by atoms with Gasteiger partial charge in [-0.1, -0.05) is 18.2 Å². The second-order valence-electron chi connectivity index (χ2n) is 3.99. The summed E-state index contributed by atoms with van der Waals surface area (Å²) in [6, 6.07) is 9.16. The van der Waals surface area contributed by atoms with Gasteiger partial charge in [0.15, 0.2) is 0 Å². The van der Waals surface area contributed by atoms with E-state index in [1.807, 2.05) is 18.2 Å². The van der Waals surface area contributed by atoms with Crippen molar-refractivity contribution in [1.29, 1.82) is 0 Å². The SMILES string of the molecule is O=C(Nc1ccccc1)O[C@H]1CC[C@H](O)C1. The number of para-hydroxylation sites is 1. The quantitative estimate of drug-likeness (QED) is 0.804. The maximum Gasteiger partial charge on any atom is 0.411 e. The fourth-order valence-corrected chi connectivity index (χ4v) is 1.84. The molecule has 1 saturated carbocycles. The second kappa shape index (κ2) is 4.99. The molecule has 1 amide bonds. The molecule has 0 unspecified atom stereocenters. The molecule has 16 heavy (non-hydrogen) atoms. The van der Waals surface area contributed by atoms with Crippen molar-refractivity contribution in [3.8, 4) is 0 Å². The van der Waals surface area contributed by atoms with Crippen molar-refractivity contribution in [2.24, 2.45) is 0 Å². The average Bonchev–Trinajstić information content (AvgIpc) is 2.65. The Bertz CT molecular complexity index is 353. The lowest BCUT2D eigenvalue weighted by atomic mass is 10.3. The summed E-state index contributed by atoms with van der Waals surface area (Å²) < 4.78 is 5.18. The monoisotopic (exact) mass is 221 g/mol. The molecular weight excluding hydrogens is 206 g/mol. The van der Waals surface area contributed by atoms with Crippen LogP contribution in [-0.2, 0) is 4.74 Å². The van der Waals surface area contributed by atoms with E-state index in [1.165, 1.54) is 0 Å². The van der Waals surface area contributed by atoms with Gasteiger partial charge in [0.2, 0.25) is 0 Å². The van der Waals surface area contributed by atoms with Crippen molar-refractivity contribution in [3.05, 3.63) is 30.3 Å². The number of ether oxygens (including phenoxy) is 1. The summed E-state index contributed by atoms with van der Waals surface area (Å²) in [7, 11) is 0. The minimum Gasteiger partial charge on any atom is -0.446 e. The zero-order chi connectivity index (χ0) is 11.4. The van der Waals surface area contributed by atoms with Gasteiger partial charge in [-0.05, 0) is 25.0 Å². The average molecular weight is 221 g/mol. The van der Waals surface area contributed by atoms with Crippen LogP contribution in [0.5, 0.6) is 0 Å². The van der Waals surface area contributed by atoms with Gasteiger partial charge in [0.1, 0.15) is 6.10 Å². The lowest BCUT2D eigenvalue weighted by Gasteiger charge is -2.12. The van der Waals surface area contributed by atoms with E-state index in [0.29, 0.717) is 18.5 Å². The first-order valence-electron chi connectivity index (χ1n) is 5.45. The molecule has 0 saturated heterocycles. The van der Waals surface area contributed by atoms with Crippen molar-refractivity contribution in [3.63, 3.8) is 0 Å². The van der Waals surface area contributed by atoms with Crippen molar-refractivity contribution in [2.75, 3.05) is 5.32 Å². The molecular formula is C12H15NO3. The van der Waals surface area contributed by atoms with E-state index in [4.69, 9.17) is 4.74 Å². The topological polar surface area (TPSA) is 58.6 Å². The molecule has 0 bridgehead atoms. The van der Waals surface area contributed by atoms with Crippen LogP contribution in [0.25, 0.3) is 0 Å². The van der Waals surface area contributed by atoms with Crippen LogP contribution in [0.4, 0.5) is 10.5 Å². The van der Waals surface area contributed by atoms with Gasteiger partial charge in [0, 0.05) is 12.1 Å². The molecule has 2 atom stereocenters. The Kier molecular flexibility index (Phi) is 3.41. The molecule has 0 aromatic heterocycles. The maximum absolute atomic E-state index is 11.5. The Morgan fingerprint density at radius 2 is 2.06 bits per heavy atom. The van der Waals surface area contributed by atoms with E-state index in [1.54, 1.807) is 12.1 Å². The number of carbonyl (C=O) groups is 1. The summed E-state index contributed by atoms with van der Waals surface area (Å²) in [4.78, 5) is 11.5. The van der Waals surface area contributed by atoms with Crippen LogP contribution in [0.15, 0.2) is 30.3 Å². The number of rotatable bonds is 2. The van der Waals surface area contributed by atoms with Crippen molar-refractivity contribution in [2.45, 2.75) is 31.5 Å².